The maximum atomic E-state index is 14.0. The molecular formula is C23H28F2. The van der Waals surface area contributed by atoms with Crippen LogP contribution in [0.15, 0.2) is 42.5 Å². The molecule has 25 heavy (non-hydrogen) atoms. The van der Waals surface area contributed by atoms with Crippen molar-refractivity contribution in [1.29, 1.82) is 0 Å². The number of halogens is 2. The number of hydrogen-bond acceptors (Lipinski definition) is 0. The van der Waals surface area contributed by atoms with E-state index in [0.29, 0.717) is 12.8 Å². The Bertz CT molecular complexity index is 661. The van der Waals surface area contributed by atoms with Crippen LogP contribution in [0.25, 0.3) is 6.08 Å². The summed E-state index contributed by atoms with van der Waals surface area (Å²) in [6.07, 6.45) is 10.5. The molecule has 0 aliphatic carbocycles. The maximum Gasteiger partial charge on any atom is 0.129 e. The van der Waals surface area contributed by atoms with E-state index in [1.807, 2.05) is 6.92 Å². The average Bonchev–Trinajstić information content (AvgIpc) is 2.61. The van der Waals surface area contributed by atoms with Gasteiger partial charge in [-0.3, -0.25) is 0 Å². The Labute approximate surface area is 150 Å². The number of rotatable bonds is 9. The molecule has 134 valence electrons. The molecule has 0 unspecified atom stereocenters. The molecule has 0 fully saturated rings. The van der Waals surface area contributed by atoms with E-state index in [2.05, 4.69) is 43.3 Å². The molecule has 0 saturated heterocycles. The SMILES string of the molecule is CCCCC=Cc1ccc(CCc2cc(F)c(CCC)c(F)c2)cc1. The lowest BCUT2D eigenvalue weighted by Crippen LogP contribution is -2.00. The third kappa shape index (κ3) is 6.12. The zero-order chi connectivity index (χ0) is 18.1. The smallest absolute Gasteiger partial charge is 0.129 e. The molecule has 0 N–H and O–H groups in total. The second-order valence-electron chi connectivity index (χ2n) is 6.57. The number of hydrogen-bond donors (Lipinski definition) is 0. The van der Waals surface area contributed by atoms with E-state index in [4.69, 9.17) is 0 Å². The predicted molar refractivity (Wildman–Crippen MR) is 103 cm³/mol. The summed E-state index contributed by atoms with van der Waals surface area (Å²) >= 11 is 0. The molecule has 0 nitrogen and oxygen atoms in total. The van der Waals surface area contributed by atoms with Gasteiger partial charge in [0.1, 0.15) is 11.6 Å². The Hall–Kier alpha value is -1.96. The van der Waals surface area contributed by atoms with Gasteiger partial charge in [-0.1, -0.05) is 69.5 Å². The topological polar surface area (TPSA) is 0 Å². The fraction of sp³-hybridized carbons (Fsp3) is 0.391. The molecule has 2 aromatic carbocycles. The van der Waals surface area contributed by atoms with Gasteiger partial charge in [0.05, 0.1) is 0 Å². The first-order valence-electron chi connectivity index (χ1n) is 9.36. The van der Waals surface area contributed by atoms with E-state index < -0.39 is 11.6 Å². The van der Waals surface area contributed by atoms with Gasteiger partial charge >= 0.3 is 0 Å². The van der Waals surface area contributed by atoms with Gasteiger partial charge in [-0.25, -0.2) is 8.78 Å². The normalized spacial score (nSPS) is 11.4. The fourth-order valence-corrected chi connectivity index (χ4v) is 2.91. The van der Waals surface area contributed by atoms with Crippen molar-refractivity contribution in [2.45, 2.75) is 58.8 Å². The molecule has 0 spiro atoms. The van der Waals surface area contributed by atoms with Gasteiger partial charge < -0.3 is 0 Å². The summed E-state index contributed by atoms with van der Waals surface area (Å²) in [5.41, 5.74) is 3.31. The first kappa shape index (κ1) is 19.4. The Morgan fingerprint density at radius 2 is 1.44 bits per heavy atom. The molecule has 0 aliphatic heterocycles. The summed E-state index contributed by atoms with van der Waals surface area (Å²) in [6, 6.07) is 11.4. The molecule has 0 saturated carbocycles. The second kappa shape index (κ2) is 10.1. The Balaban J connectivity index is 1.94. The van der Waals surface area contributed by atoms with Crippen LogP contribution >= 0.6 is 0 Å². The predicted octanol–water partition coefficient (Wildman–Crippen LogP) is 6.91. The maximum absolute atomic E-state index is 14.0. The number of benzene rings is 2. The quantitative estimate of drug-likeness (QED) is 0.434. The van der Waals surface area contributed by atoms with Crippen molar-refractivity contribution in [1.82, 2.24) is 0 Å². The zero-order valence-corrected chi connectivity index (χ0v) is 15.3. The molecule has 0 heterocycles. The largest absolute Gasteiger partial charge is 0.207 e. The molecule has 0 radical (unpaired) electrons. The van der Waals surface area contributed by atoms with Crippen molar-refractivity contribution < 1.29 is 8.78 Å². The van der Waals surface area contributed by atoms with Crippen LogP contribution in [0.3, 0.4) is 0 Å². The van der Waals surface area contributed by atoms with E-state index in [0.717, 1.165) is 24.8 Å². The van der Waals surface area contributed by atoms with E-state index in [-0.39, 0.29) is 5.56 Å². The lowest BCUT2D eigenvalue weighted by molar-refractivity contribution is 0.549. The molecule has 2 heteroatoms. The molecule has 2 aromatic rings. The highest BCUT2D eigenvalue weighted by Gasteiger charge is 2.10. The molecule has 0 aliphatic rings. The monoisotopic (exact) mass is 342 g/mol. The first-order valence-corrected chi connectivity index (χ1v) is 9.36. The van der Waals surface area contributed by atoms with Gasteiger partial charge in [0, 0.05) is 5.56 Å². The van der Waals surface area contributed by atoms with E-state index in [1.54, 1.807) is 0 Å². The molecule has 0 bridgehead atoms. The Morgan fingerprint density at radius 1 is 0.800 bits per heavy atom. The molecular weight excluding hydrogens is 314 g/mol. The van der Waals surface area contributed by atoms with Crippen LogP contribution in [0.4, 0.5) is 8.78 Å². The summed E-state index contributed by atoms with van der Waals surface area (Å²) in [6.45, 7) is 4.12. The number of allylic oxidation sites excluding steroid dienone is 1. The van der Waals surface area contributed by atoms with Crippen LogP contribution in [-0.4, -0.2) is 0 Å². The summed E-state index contributed by atoms with van der Waals surface area (Å²) in [4.78, 5) is 0. The molecule has 0 amide bonds. The third-order valence-corrected chi connectivity index (χ3v) is 4.42. The minimum Gasteiger partial charge on any atom is -0.207 e. The molecule has 0 atom stereocenters. The van der Waals surface area contributed by atoms with Crippen molar-refractivity contribution >= 4 is 6.08 Å². The van der Waals surface area contributed by atoms with Gasteiger partial charge in [0.25, 0.3) is 0 Å². The second-order valence-corrected chi connectivity index (χ2v) is 6.57. The molecule has 2 rings (SSSR count). The van der Waals surface area contributed by atoms with Gasteiger partial charge in [-0.2, -0.15) is 0 Å². The molecule has 0 aromatic heterocycles. The summed E-state index contributed by atoms with van der Waals surface area (Å²) in [5.74, 6) is -0.825. The van der Waals surface area contributed by atoms with Crippen molar-refractivity contribution in [2.75, 3.05) is 0 Å². The van der Waals surface area contributed by atoms with Crippen molar-refractivity contribution in [3.05, 3.63) is 76.4 Å². The minimum atomic E-state index is -0.413. The van der Waals surface area contributed by atoms with Gasteiger partial charge in [-0.15, -0.1) is 0 Å². The highest BCUT2D eigenvalue weighted by Crippen LogP contribution is 2.19. The third-order valence-electron chi connectivity index (χ3n) is 4.42. The summed E-state index contributed by atoms with van der Waals surface area (Å²) < 4.78 is 28.0. The number of aryl methyl sites for hydroxylation is 2. The van der Waals surface area contributed by atoms with Crippen molar-refractivity contribution in [3.8, 4) is 0 Å². The highest BCUT2D eigenvalue weighted by molar-refractivity contribution is 5.49. The van der Waals surface area contributed by atoms with E-state index in [9.17, 15) is 8.78 Å². The minimum absolute atomic E-state index is 0.213. The fourth-order valence-electron chi connectivity index (χ4n) is 2.91. The zero-order valence-electron chi connectivity index (χ0n) is 15.3. The lowest BCUT2D eigenvalue weighted by atomic mass is 10.00. The van der Waals surface area contributed by atoms with Crippen LogP contribution < -0.4 is 0 Å². The number of unbranched alkanes of at least 4 members (excludes halogenated alkanes) is 2. The van der Waals surface area contributed by atoms with Crippen LogP contribution in [0.1, 0.15) is 61.8 Å². The van der Waals surface area contributed by atoms with Gasteiger partial charge in [0.2, 0.25) is 0 Å². The van der Waals surface area contributed by atoms with Crippen molar-refractivity contribution in [3.63, 3.8) is 0 Å². The summed E-state index contributed by atoms with van der Waals surface area (Å²) in [5, 5.41) is 0. The van der Waals surface area contributed by atoms with Gasteiger partial charge in [-0.05, 0) is 54.5 Å². The summed E-state index contributed by atoms with van der Waals surface area (Å²) in [7, 11) is 0. The van der Waals surface area contributed by atoms with Crippen molar-refractivity contribution in [2.24, 2.45) is 0 Å². The van der Waals surface area contributed by atoms with Crippen LogP contribution in [0, 0.1) is 11.6 Å². The standard InChI is InChI=1S/C23H28F2/c1-3-5-6-7-9-18-10-12-19(13-11-18)14-15-20-16-22(24)21(8-4-2)23(25)17-20/h7,9-13,16-17H,3-6,8,14-15H2,1-2H3. The Kier molecular flexibility index (Phi) is 7.84. The lowest BCUT2D eigenvalue weighted by Gasteiger charge is -2.08. The van der Waals surface area contributed by atoms with Crippen LogP contribution in [0.5, 0.6) is 0 Å². The first-order chi connectivity index (χ1) is 12.1. The van der Waals surface area contributed by atoms with Crippen LogP contribution in [0.2, 0.25) is 0 Å². The average molecular weight is 342 g/mol. The van der Waals surface area contributed by atoms with E-state index in [1.165, 1.54) is 36.1 Å². The highest BCUT2D eigenvalue weighted by atomic mass is 19.1. The van der Waals surface area contributed by atoms with Crippen LogP contribution in [-0.2, 0) is 19.3 Å². The van der Waals surface area contributed by atoms with E-state index >= 15 is 0 Å². The Morgan fingerprint density at radius 3 is 2.04 bits per heavy atom. The van der Waals surface area contributed by atoms with Gasteiger partial charge in [0.15, 0.2) is 0 Å².